The van der Waals surface area contributed by atoms with Gasteiger partial charge in [0.05, 0.1) is 23.5 Å². The summed E-state index contributed by atoms with van der Waals surface area (Å²) in [7, 11) is 1.66. The van der Waals surface area contributed by atoms with Crippen molar-refractivity contribution in [3.05, 3.63) is 42.5 Å². The zero-order chi connectivity index (χ0) is 17.9. The first-order valence-corrected chi connectivity index (χ1v) is 9.31. The van der Waals surface area contributed by atoms with Gasteiger partial charge in [-0.1, -0.05) is 11.3 Å². The van der Waals surface area contributed by atoms with Crippen LogP contribution < -0.4 is 15.0 Å². The Hall–Kier alpha value is -2.74. The maximum Gasteiger partial charge on any atom is 0.271 e. The second-order valence-corrected chi connectivity index (χ2v) is 7.16. The molecule has 0 saturated carbocycles. The summed E-state index contributed by atoms with van der Waals surface area (Å²) >= 11 is 1.69. The van der Waals surface area contributed by atoms with Crippen LogP contribution in [0.1, 0.15) is 23.3 Å². The summed E-state index contributed by atoms with van der Waals surface area (Å²) in [4.78, 5) is 27.2. The van der Waals surface area contributed by atoms with Crippen molar-refractivity contribution in [1.82, 2.24) is 20.3 Å². The molecule has 2 aromatic heterocycles. The lowest BCUT2D eigenvalue weighted by Crippen LogP contribution is -2.44. The predicted octanol–water partition coefficient (Wildman–Crippen LogP) is 2.49. The van der Waals surface area contributed by atoms with Crippen LogP contribution in [0.4, 0.5) is 5.13 Å². The van der Waals surface area contributed by atoms with Crippen molar-refractivity contribution in [2.45, 2.75) is 18.9 Å². The van der Waals surface area contributed by atoms with Gasteiger partial charge in [0.1, 0.15) is 11.4 Å². The number of carbonyl (C=O) groups excluding carboxylic acids is 1. The molecule has 3 heterocycles. The van der Waals surface area contributed by atoms with E-state index in [1.807, 2.05) is 18.2 Å². The van der Waals surface area contributed by atoms with Gasteiger partial charge in [-0.2, -0.15) is 0 Å². The molecule has 1 aliphatic heterocycles. The molecule has 4 rings (SSSR count). The highest BCUT2D eigenvalue weighted by molar-refractivity contribution is 7.22. The van der Waals surface area contributed by atoms with Crippen molar-refractivity contribution in [3.8, 4) is 5.75 Å². The van der Waals surface area contributed by atoms with E-state index in [0.29, 0.717) is 5.69 Å². The van der Waals surface area contributed by atoms with E-state index in [2.05, 4.69) is 20.2 Å². The van der Waals surface area contributed by atoms with Gasteiger partial charge in [-0.25, -0.2) is 9.97 Å². The number of benzene rings is 1. The molecule has 7 nitrogen and oxygen atoms in total. The van der Waals surface area contributed by atoms with E-state index in [4.69, 9.17) is 9.72 Å². The monoisotopic (exact) mass is 369 g/mol. The van der Waals surface area contributed by atoms with Gasteiger partial charge in [0.25, 0.3) is 5.91 Å². The van der Waals surface area contributed by atoms with Crippen LogP contribution in [0, 0.1) is 0 Å². The SMILES string of the molecule is COc1ccc2sc(N3CCC(NC(=O)c4cnccn4)CC3)nc2c1. The number of aromatic nitrogens is 3. The predicted molar refractivity (Wildman–Crippen MR) is 101 cm³/mol. The van der Waals surface area contributed by atoms with Crippen LogP contribution in [-0.4, -0.2) is 47.1 Å². The molecule has 1 saturated heterocycles. The molecule has 1 N–H and O–H groups in total. The van der Waals surface area contributed by atoms with Crippen molar-refractivity contribution in [2.75, 3.05) is 25.1 Å². The lowest BCUT2D eigenvalue weighted by atomic mass is 10.1. The number of hydrogen-bond acceptors (Lipinski definition) is 7. The second kappa shape index (κ2) is 7.25. The number of rotatable bonds is 4. The smallest absolute Gasteiger partial charge is 0.271 e. The molecule has 134 valence electrons. The number of carbonyl (C=O) groups is 1. The lowest BCUT2D eigenvalue weighted by molar-refractivity contribution is 0.0925. The van der Waals surface area contributed by atoms with E-state index in [1.54, 1.807) is 24.6 Å². The molecule has 8 heteroatoms. The number of nitrogens with one attached hydrogen (secondary N) is 1. The molecule has 3 aromatic rings. The van der Waals surface area contributed by atoms with Crippen LogP contribution in [0.3, 0.4) is 0 Å². The van der Waals surface area contributed by atoms with Gasteiger partial charge < -0.3 is 15.0 Å². The average Bonchev–Trinajstić information content (AvgIpc) is 3.12. The van der Waals surface area contributed by atoms with Gasteiger partial charge in [-0.3, -0.25) is 9.78 Å². The Kier molecular flexibility index (Phi) is 4.66. The molecule has 26 heavy (non-hydrogen) atoms. The molecule has 0 aliphatic carbocycles. The maximum absolute atomic E-state index is 12.2. The summed E-state index contributed by atoms with van der Waals surface area (Å²) in [6, 6.07) is 6.11. The second-order valence-electron chi connectivity index (χ2n) is 6.16. The number of piperidine rings is 1. The summed E-state index contributed by atoms with van der Waals surface area (Å²) in [6.45, 7) is 1.73. The van der Waals surface area contributed by atoms with Gasteiger partial charge in [-0.15, -0.1) is 0 Å². The largest absolute Gasteiger partial charge is 0.497 e. The number of hydrogen-bond donors (Lipinski definition) is 1. The third-order valence-electron chi connectivity index (χ3n) is 4.48. The van der Waals surface area contributed by atoms with Gasteiger partial charge in [0, 0.05) is 37.6 Å². The zero-order valence-corrected chi connectivity index (χ0v) is 15.2. The van der Waals surface area contributed by atoms with E-state index < -0.39 is 0 Å². The average molecular weight is 369 g/mol. The Balaban J connectivity index is 1.38. The Morgan fingerprint density at radius 3 is 2.88 bits per heavy atom. The van der Waals surface area contributed by atoms with E-state index in [-0.39, 0.29) is 11.9 Å². The Bertz CT molecular complexity index is 906. The Morgan fingerprint density at radius 2 is 2.15 bits per heavy atom. The number of anilines is 1. The highest BCUT2D eigenvalue weighted by Gasteiger charge is 2.23. The zero-order valence-electron chi connectivity index (χ0n) is 14.4. The molecule has 0 atom stereocenters. The topological polar surface area (TPSA) is 80.2 Å². The number of fused-ring (bicyclic) bond motifs is 1. The molecule has 0 unspecified atom stereocenters. The van der Waals surface area contributed by atoms with Gasteiger partial charge >= 0.3 is 0 Å². The first-order valence-electron chi connectivity index (χ1n) is 8.49. The van der Waals surface area contributed by atoms with Crippen LogP contribution in [0.25, 0.3) is 10.2 Å². The van der Waals surface area contributed by atoms with E-state index in [1.165, 1.54) is 12.4 Å². The fourth-order valence-corrected chi connectivity index (χ4v) is 4.05. The van der Waals surface area contributed by atoms with E-state index in [0.717, 1.165) is 47.0 Å². The molecule has 1 aromatic carbocycles. The van der Waals surface area contributed by atoms with Crippen molar-refractivity contribution >= 4 is 32.6 Å². The number of thiazole rings is 1. The van der Waals surface area contributed by atoms with E-state index in [9.17, 15) is 4.79 Å². The Morgan fingerprint density at radius 1 is 1.31 bits per heavy atom. The van der Waals surface area contributed by atoms with Crippen LogP contribution in [0.2, 0.25) is 0 Å². The summed E-state index contributed by atoms with van der Waals surface area (Å²) in [5, 5.41) is 4.07. The molecule has 0 spiro atoms. The van der Waals surface area contributed by atoms with E-state index >= 15 is 0 Å². The minimum atomic E-state index is -0.163. The molecular weight excluding hydrogens is 350 g/mol. The fourth-order valence-electron chi connectivity index (χ4n) is 3.05. The first kappa shape index (κ1) is 16.7. The number of amides is 1. The highest BCUT2D eigenvalue weighted by atomic mass is 32.1. The number of nitrogens with zero attached hydrogens (tertiary/aromatic N) is 4. The number of methoxy groups -OCH3 is 1. The van der Waals surface area contributed by atoms with Crippen molar-refractivity contribution < 1.29 is 9.53 Å². The molecule has 1 aliphatic rings. The van der Waals surface area contributed by atoms with Crippen molar-refractivity contribution in [2.24, 2.45) is 0 Å². The van der Waals surface area contributed by atoms with Crippen LogP contribution >= 0.6 is 11.3 Å². The standard InChI is InChI=1S/C18H19N5O2S/c1-25-13-2-3-16-14(10-13)22-18(26-16)23-8-4-12(5-9-23)21-17(24)15-11-19-6-7-20-15/h2-3,6-7,10-12H,4-5,8-9H2,1H3,(H,21,24). The molecule has 1 amide bonds. The molecular formula is C18H19N5O2S. The summed E-state index contributed by atoms with van der Waals surface area (Å²) in [5.74, 6) is 0.656. The lowest BCUT2D eigenvalue weighted by Gasteiger charge is -2.32. The minimum absolute atomic E-state index is 0.148. The van der Waals surface area contributed by atoms with Crippen LogP contribution in [-0.2, 0) is 0 Å². The summed E-state index contributed by atoms with van der Waals surface area (Å²) < 4.78 is 6.42. The van der Waals surface area contributed by atoms with Crippen molar-refractivity contribution in [3.63, 3.8) is 0 Å². The third kappa shape index (κ3) is 3.45. The van der Waals surface area contributed by atoms with Crippen LogP contribution in [0.5, 0.6) is 5.75 Å². The van der Waals surface area contributed by atoms with Gasteiger partial charge in [0.15, 0.2) is 5.13 Å². The highest BCUT2D eigenvalue weighted by Crippen LogP contribution is 2.32. The molecule has 0 radical (unpaired) electrons. The van der Waals surface area contributed by atoms with Gasteiger partial charge in [0.2, 0.25) is 0 Å². The quantitative estimate of drug-likeness (QED) is 0.761. The third-order valence-corrected chi connectivity index (χ3v) is 5.58. The summed E-state index contributed by atoms with van der Waals surface area (Å²) in [6.07, 6.45) is 6.33. The van der Waals surface area contributed by atoms with Gasteiger partial charge in [-0.05, 0) is 25.0 Å². The first-order chi connectivity index (χ1) is 12.7. The molecule has 0 bridgehead atoms. The fraction of sp³-hybridized carbons (Fsp3) is 0.333. The number of ether oxygens (including phenoxy) is 1. The minimum Gasteiger partial charge on any atom is -0.497 e. The molecule has 1 fully saturated rings. The van der Waals surface area contributed by atoms with Crippen molar-refractivity contribution in [1.29, 1.82) is 0 Å². The normalized spacial score (nSPS) is 15.2. The summed E-state index contributed by atoms with van der Waals surface area (Å²) in [5.41, 5.74) is 1.32. The van der Waals surface area contributed by atoms with Crippen LogP contribution in [0.15, 0.2) is 36.8 Å². The maximum atomic E-state index is 12.2. The Labute approximate surface area is 155 Å².